The number of rotatable bonds is 3. The summed E-state index contributed by atoms with van der Waals surface area (Å²) in [4.78, 5) is 0. The molecule has 1 unspecified atom stereocenters. The quantitative estimate of drug-likeness (QED) is 0.663. The van der Waals surface area contributed by atoms with E-state index in [1.165, 1.54) is 25.7 Å². The third-order valence-electron chi connectivity index (χ3n) is 3.86. The number of hydrogen-bond acceptors (Lipinski definition) is 2. The van der Waals surface area contributed by atoms with E-state index in [0.717, 1.165) is 38.5 Å². The van der Waals surface area contributed by atoms with Crippen LogP contribution in [0.1, 0.15) is 64.2 Å². The van der Waals surface area contributed by atoms with Crippen LogP contribution in [-0.4, -0.2) is 11.8 Å². The molecule has 0 bridgehead atoms. The lowest BCUT2D eigenvalue weighted by Gasteiger charge is -2.30. The van der Waals surface area contributed by atoms with Crippen LogP contribution in [0.3, 0.4) is 0 Å². The number of hydrogen-bond donors (Lipinski definition) is 0. The minimum Gasteiger partial charge on any atom is -0.314 e. The summed E-state index contributed by atoms with van der Waals surface area (Å²) in [5.74, 6) is 0. The zero-order valence-electron chi connectivity index (χ0n) is 9.87. The third kappa shape index (κ3) is 3.48. The van der Waals surface area contributed by atoms with Gasteiger partial charge in [0.25, 0.3) is 6.72 Å². The first-order chi connectivity index (χ1) is 7.68. The highest BCUT2D eigenvalue weighted by Gasteiger charge is 2.35. The van der Waals surface area contributed by atoms with Gasteiger partial charge in [-0.15, -0.1) is 0 Å². The second kappa shape index (κ2) is 5.89. The van der Waals surface area contributed by atoms with E-state index >= 15 is 0 Å². The molecule has 0 aliphatic heterocycles. The fourth-order valence-electron chi connectivity index (χ4n) is 2.85. The molecule has 0 aromatic rings. The minimum absolute atomic E-state index is 0.129. The molecule has 16 heavy (non-hydrogen) atoms. The third-order valence-corrected chi connectivity index (χ3v) is 6.90. The summed E-state index contributed by atoms with van der Waals surface area (Å²) in [6.07, 6.45) is 11.5. The maximum absolute atomic E-state index is 12.4. The Bertz CT molecular complexity index is 258. The second-order valence-electron chi connectivity index (χ2n) is 5.18. The van der Waals surface area contributed by atoms with Gasteiger partial charge in [-0.25, -0.2) is 0 Å². The van der Waals surface area contributed by atoms with Crippen LogP contribution in [0, 0.1) is 0 Å². The lowest BCUT2D eigenvalue weighted by Crippen LogP contribution is -2.19. The molecule has 0 saturated heterocycles. The van der Waals surface area contributed by atoms with Gasteiger partial charge >= 0.3 is 0 Å². The van der Waals surface area contributed by atoms with E-state index in [9.17, 15) is 4.57 Å². The molecule has 0 aromatic heterocycles. The Labute approximate surface area is 103 Å². The van der Waals surface area contributed by atoms with Gasteiger partial charge in [-0.05, 0) is 36.9 Å². The molecule has 2 rings (SSSR count). The monoisotopic (exact) mass is 264 g/mol. The fraction of sp³-hybridized carbons (Fsp3) is 1.00. The van der Waals surface area contributed by atoms with Crippen molar-refractivity contribution >= 4 is 18.0 Å². The van der Waals surface area contributed by atoms with Crippen molar-refractivity contribution in [3.8, 4) is 0 Å². The van der Waals surface area contributed by atoms with Crippen LogP contribution in [0.25, 0.3) is 0 Å². The average molecular weight is 265 g/mol. The average Bonchev–Trinajstić information content (AvgIpc) is 2.31. The van der Waals surface area contributed by atoms with Crippen LogP contribution in [0.2, 0.25) is 0 Å². The molecular weight excluding hydrogens is 243 g/mol. The summed E-state index contributed by atoms with van der Waals surface area (Å²) in [7, 11) is 0. The first-order valence-electron chi connectivity index (χ1n) is 6.66. The van der Waals surface area contributed by atoms with Gasteiger partial charge in [0.15, 0.2) is 0 Å². The van der Waals surface area contributed by atoms with Crippen LogP contribution in [-0.2, 0) is 9.09 Å². The molecule has 2 saturated carbocycles. The molecular formula is C12H22ClO2P. The normalized spacial score (nSPS) is 28.8. The maximum Gasteiger partial charge on any atom is 0.293 e. The Morgan fingerprint density at radius 2 is 1.38 bits per heavy atom. The Hall–Kier alpha value is 0.480. The van der Waals surface area contributed by atoms with E-state index < -0.39 is 6.72 Å². The van der Waals surface area contributed by atoms with Crippen molar-refractivity contribution in [1.82, 2.24) is 0 Å². The summed E-state index contributed by atoms with van der Waals surface area (Å²) in [5.41, 5.74) is 0.129. The van der Waals surface area contributed by atoms with Gasteiger partial charge in [0, 0.05) is 0 Å². The summed E-state index contributed by atoms with van der Waals surface area (Å²) in [5, 5.41) is 0. The van der Waals surface area contributed by atoms with Crippen molar-refractivity contribution < 1.29 is 9.09 Å². The van der Waals surface area contributed by atoms with Crippen molar-refractivity contribution in [3.63, 3.8) is 0 Å². The van der Waals surface area contributed by atoms with E-state index in [0.29, 0.717) is 0 Å². The molecule has 0 radical (unpaired) electrons. The van der Waals surface area contributed by atoms with Gasteiger partial charge in [0.2, 0.25) is 0 Å². The maximum atomic E-state index is 12.4. The summed E-state index contributed by atoms with van der Waals surface area (Å²) in [6, 6.07) is 0. The minimum atomic E-state index is -2.86. The lowest BCUT2D eigenvalue weighted by atomic mass is 9.98. The molecule has 1 atom stereocenters. The molecule has 0 heterocycles. The highest BCUT2D eigenvalue weighted by atomic mass is 35.7. The first kappa shape index (κ1) is 12.9. The van der Waals surface area contributed by atoms with Crippen LogP contribution in [0.15, 0.2) is 0 Å². The Morgan fingerprint density at radius 1 is 0.875 bits per heavy atom. The largest absolute Gasteiger partial charge is 0.314 e. The van der Waals surface area contributed by atoms with Gasteiger partial charge in [0.1, 0.15) is 0 Å². The smallest absolute Gasteiger partial charge is 0.293 e. The SMILES string of the molecule is O=P(Cl)(OC1CCCCC1)C1CCCCC1. The Kier molecular flexibility index (Phi) is 4.76. The molecule has 2 nitrogen and oxygen atoms in total. The molecule has 2 aliphatic carbocycles. The van der Waals surface area contributed by atoms with Crippen molar-refractivity contribution in [2.24, 2.45) is 0 Å². The Morgan fingerprint density at radius 3 is 1.94 bits per heavy atom. The molecule has 4 heteroatoms. The molecule has 2 aliphatic rings. The van der Waals surface area contributed by atoms with Crippen molar-refractivity contribution in [3.05, 3.63) is 0 Å². The molecule has 2 fully saturated rings. The summed E-state index contributed by atoms with van der Waals surface area (Å²) < 4.78 is 18.1. The van der Waals surface area contributed by atoms with E-state index in [4.69, 9.17) is 15.8 Å². The van der Waals surface area contributed by atoms with Crippen molar-refractivity contribution in [1.29, 1.82) is 0 Å². The van der Waals surface area contributed by atoms with Gasteiger partial charge in [-0.2, -0.15) is 0 Å². The van der Waals surface area contributed by atoms with Crippen LogP contribution in [0.5, 0.6) is 0 Å². The van der Waals surface area contributed by atoms with Gasteiger partial charge in [0.05, 0.1) is 11.8 Å². The van der Waals surface area contributed by atoms with E-state index in [1.807, 2.05) is 0 Å². The fourth-order valence-corrected chi connectivity index (χ4v) is 5.54. The van der Waals surface area contributed by atoms with Crippen LogP contribution >= 0.6 is 18.0 Å². The standard InChI is InChI=1S/C12H22ClO2P/c13-16(14,12-9-5-2-6-10-12)15-11-7-3-1-4-8-11/h11-12H,1-10H2. The molecule has 0 aromatic carbocycles. The number of halogens is 1. The molecule has 0 N–H and O–H groups in total. The molecule has 94 valence electrons. The van der Waals surface area contributed by atoms with Crippen molar-refractivity contribution in [2.75, 3.05) is 0 Å². The first-order valence-corrected chi connectivity index (χ1v) is 9.26. The van der Waals surface area contributed by atoms with Crippen LogP contribution in [0.4, 0.5) is 0 Å². The zero-order valence-corrected chi connectivity index (χ0v) is 11.5. The summed E-state index contributed by atoms with van der Waals surface area (Å²) >= 11 is 6.18. The Balaban J connectivity index is 1.87. The van der Waals surface area contributed by atoms with E-state index in [1.54, 1.807) is 0 Å². The van der Waals surface area contributed by atoms with Crippen LogP contribution < -0.4 is 0 Å². The highest BCUT2D eigenvalue weighted by molar-refractivity contribution is 7.85. The van der Waals surface area contributed by atoms with Crippen molar-refractivity contribution in [2.45, 2.75) is 76.0 Å². The summed E-state index contributed by atoms with van der Waals surface area (Å²) in [6.45, 7) is -2.86. The van der Waals surface area contributed by atoms with E-state index in [2.05, 4.69) is 0 Å². The highest BCUT2D eigenvalue weighted by Crippen LogP contribution is 2.62. The second-order valence-corrected chi connectivity index (χ2v) is 8.57. The topological polar surface area (TPSA) is 26.3 Å². The van der Waals surface area contributed by atoms with Gasteiger partial charge in [-0.3, -0.25) is 4.57 Å². The van der Waals surface area contributed by atoms with Gasteiger partial charge < -0.3 is 4.52 Å². The predicted molar refractivity (Wildman–Crippen MR) is 68.3 cm³/mol. The lowest BCUT2D eigenvalue weighted by molar-refractivity contribution is 0.158. The molecule has 0 spiro atoms. The van der Waals surface area contributed by atoms with E-state index in [-0.39, 0.29) is 11.8 Å². The predicted octanol–water partition coefficient (Wildman–Crippen LogP) is 5.10. The zero-order chi connectivity index (χ0) is 11.4. The molecule has 0 amide bonds. The van der Waals surface area contributed by atoms with Gasteiger partial charge in [-0.1, -0.05) is 38.5 Å².